The van der Waals surface area contributed by atoms with E-state index < -0.39 is 10.1 Å². The van der Waals surface area contributed by atoms with E-state index in [1.807, 2.05) is 30.3 Å². The molecule has 5 heteroatoms. The first-order valence-corrected chi connectivity index (χ1v) is 18.5. The van der Waals surface area contributed by atoms with E-state index in [-0.39, 0.29) is 11.5 Å². The smallest absolute Gasteiger partial charge is 0.297 e. The molecule has 0 bridgehead atoms. The van der Waals surface area contributed by atoms with Gasteiger partial charge in [0, 0.05) is 5.39 Å². The lowest BCUT2D eigenvalue weighted by Gasteiger charge is -2.34. The highest BCUT2D eigenvalue weighted by atomic mass is 32.2. The quantitative estimate of drug-likeness (QED) is 0.0734. The largest absolute Gasteiger partial charge is 0.325 e. The summed E-state index contributed by atoms with van der Waals surface area (Å²) in [6, 6.07) is 12.8. The Labute approximate surface area is 255 Å². The molecule has 0 heterocycles. The van der Waals surface area contributed by atoms with Crippen molar-refractivity contribution in [1.82, 2.24) is 0 Å². The van der Waals surface area contributed by atoms with Crippen LogP contribution in [0.2, 0.25) is 0 Å². The van der Waals surface area contributed by atoms with Gasteiger partial charge in [0.2, 0.25) is 0 Å². The van der Waals surface area contributed by atoms with Gasteiger partial charge < -0.3 is 4.48 Å². The third-order valence-corrected chi connectivity index (χ3v) is 10.3. The summed E-state index contributed by atoms with van der Waals surface area (Å²) in [5.74, 6) is 0. The molecule has 0 fully saturated rings. The number of hydrogen-bond donors (Lipinski definition) is 0. The summed E-state index contributed by atoms with van der Waals surface area (Å²) in [6.07, 6.45) is 20.8. The number of unbranched alkanes of at least 4 members (excludes halogenated alkanes) is 15. The normalized spacial score (nSPS) is 11.9. The predicted octanol–water partition coefficient (Wildman–Crippen LogP) is 10.7. The molecule has 2 aromatic carbocycles. The minimum absolute atomic E-state index is 0.268. The molecule has 0 saturated heterocycles. The zero-order valence-electron chi connectivity index (χ0n) is 27.5. The van der Waals surface area contributed by atoms with Crippen molar-refractivity contribution in [1.29, 1.82) is 0 Å². The topological polar surface area (TPSA) is 43.4 Å². The molecule has 236 valence electrons. The second-order valence-electron chi connectivity index (χ2n) is 11.7. The van der Waals surface area contributed by atoms with E-state index in [1.165, 1.54) is 114 Å². The van der Waals surface area contributed by atoms with Crippen molar-refractivity contribution in [2.45, 2.75) is 142 Å². The third kappa shape index (κ3) is 15.6. The van der Waals surface area contributed by atoms with Crippen molar-refractivity contribution in [2.75, 3.05) is 32.8 Å². The maximum Gasteiger partial charge on any atom is 0.297 e. The number of hydrogen-bond acceptors (Lipinski definition) is 3. The first-order valence-electron chi connectivity index (χ1n) is 17.1. The van der Waals surface area contributed by atoms with Crippen LogP contribution < -0.4 is 0 Å². The fourth-order valence-electron chi connectivity index (χ4n) is 5.64. The van der Waals surface area contributed by atoms with E-state index in [9.17, 15) is 8.42 Å². The lowest BCUT2D eigenvalue weighted by molar-refractivity contribution is -0.921. The molecular formula is C36H64NO3S+. The van der Waals surface area contributed by atoms with Crippen LogP contribution in [0.1, 0.15) is 137 Å². The second kappa shape index (κ2) is 23.1. The van der Waals surface area contributed by atoms with Crippen molar-refractivity contribution < 1.29 is 17.1 Å². The van der Waals surface area contributed by atoms with Gasteiger partial charge in [0.1, 0.15) is 4.90 Å². The molecule has 0 saturated carbocycles. The maximum atomic E-state index is 12.6. The summed E-state index contributed by atoms with van der Waals surface area (Å²) in [5, 5.41) is 1.64. The van der Waals surface area contributed by atoms with Gasteiger partial charge in [-0.1, -0.05) is 140 Å². The number of rotatable bonds is 23. The highest BCUT2D eigenvalue weighted by Gasteiger charge is 2.18. The minimum atomic E-state index is -3.71. The molecule has 0 aliphatic rings. The van der Waals surface area contributed by atoms with Gasteiger partial charge in [-0.2, -0.15) is 8.42 Å². The Morgan fingerprint density at radius 3 is 1.39 bits per heavy atom. The molecule has 0 aliphatic carbocycles. The summed E-state index contributed by atoms with van der Waals surface area (Å²) >= 11 is 0. The van der Waals surface area contributed by atoms with Gasteiger partial charge >= 0.3 is 0 Å². The first kappa shape index (κ1) is 37.6. The van der Waals surface area contributed by atoms with Crippen molar-refractivity contribution in [3.63, 3.8) is 0 Å². The van der Waals surface area contributed by atoms with E-state index in [1.54, 1.807) is 12.1 Å². The van der Waals surface area contributed by atoms with Crippen LogP contribution in [0.25, 0.3) is 10.8 Å². The first-order chi connectivity index (χ1) is 19.9. The number of nitrogens with zero attached hydrogens (tertiary/aromatic N) is 1. The van der Waals surface area contributed by atoms with Crippen molar-refractivity contribution >= 4 is 20.9 Å². The molecule has 0 radical (unpaired) electrons. The SMILES string of the molecule is CCCCCCCCCCCCCCCCCCOS(=O)(=O)c1cccc2ccccc12.CC[N+](CC)(CC)CC. The Morgan fingerprint density at radius 2 is 0.951 bits per heavy atom. The molecule has 2 rings (SSSR count). The summed E-state index contributed by atoms with van der Waals surface area (Å²) in [7, 11) is -3.71. The highest BCUT2D eigenvalue weighted by Crippen LogP contribution is 2.24. The molecule has 0 amide bonds. The van der Waals surface area contributed by atoms with E-state index in [0.29, 0.717) is 0 Å². The monoisotopic (exact) mass is 590 g/mol. The molecule has 0 aromatic heterocycles. The zero-order chi connectivity index (χ0) is 30.2. The average molecular weight is 591 g/mol. The van der Waals surface area contributed by atoms with E-state index in [4.69, 9.17) is 4.18 Å². The molecule has 41 heavy (non-hydrogen) atoms. The molecule has 0 unspecified atom stereocenters. The summed E-state index contributed by atoms with van der Waals surface area (Å²) in [4.78, 5) is 0.270. The van der Waals surface area contributed by atoms with Crippen molar-refractivity contribution in [3.8, 4) is 0 Å². The van der Waals surface area contributed by atoms with Crippen molar-refractivity contribution in [3.05, 3.63) is 42.5 Å². The molecule has 2 aromatic rings. The van der Waals surface area contributed by atoms with Crippen LogP contribution in [0, 0.1) is 0 Å². The lowest BCUT2D eigenvalue weighted by Crippen LogP contribution is -2.47. The fourth-order valence-corrected chi connectivity index (χ4v) is 6.80. The van der Waals surface area contributed by atoms with Gasteiger partial charge in [-0.05, 0) is 45.6 Å². The van der Waals surface area contributed by atoms with Crippen molar-refractivity contribution in [2.24, 2.45) is 0 Å². The number of benzene rings is 2. The maximum absolute atomic E-state index is 12.6. The Balaban J connectivity index is 0.000000803. The zero-order valence-corrected chi connectivity index (χ0v) is 28.3. The Bertz CT molecular complexity index is 978. The Kier molecular flexibility index (Phi) is 21.2. The number of quaternary nitrogens is 1. The van der Waals surface area contributed by atoms with E-state index in [0.717, 1.165) is 30.0 Å². The molecule has 4 nitrogen and oxygen atoms in total. The average Bonchev–Trinajstić information content (AvgIpc) is 3.00. The van der Waals surface area contributed by atoms with Gasteiger partial charge in [0.25, 0.3) is 10.1 Å². The fraction of sp³-hybridized carbons (Fsp3) is 0.722. The Morgan fingerprint density at radius 1 is 0.537 bits per heavy atom. The molecule has 0 spiro atoms. The molecule has 0 N–H and O–H groups in total. The van der Waals surface area contributed by atoms with Gasteiger partial charge in [-0.3, -0.25) is 4.18 Å². The van der Waals surface area contributed by atoms with Gasteiger partial charge in [-0.25, -0.2) is 0 Å². The second-order valence-corrected chi connectivity index (χ2v) is 13.2. The molecule has 0 aliphatic heterocycles. The summed E-state index contributed by atoms with van der Waals surface area (Å²) in [5.41, 5.74) is 0. The molecule has 0 atom stereocenters. The minimum Gasteiger partial charge on any atom is -0.325 e. The highest BCUT2D eigenvalue weighted by molar-refractivity contribution is 7.87. The van der Waals surface area contributed by atoms with Crippen LogP contribution in [0.3, 0.4) is 0 Å². The van der Waals surface area contributed by atoms with Crippen LogP contribution in [0.15, 0.2) is 47.4 Å². The van der Waals surface area contributed by atoms with Crippen LogP contribution in [0.5, 0.6) is 0 Å². The summed E-state index contributed by atoms with van der Waals surface area (Å²) in [6.45, 7) is 16.8. The van der Waals surface area contributed by atoms with Crippen LogP contribution in [0.4, 0.5) is 0 Å². The van der Waals surface area contributed by atoms with Crippen LogP contribution in [-0.2, 0) is 14.3 Å². The van der Waals surface area contributed by atoms with Gasteiger partial charge in [0.05, 0.1) is 32.8 Å². The van der Waals surface area contributed by atoms with Crippen LogP contribution >= 0.6 is 0 Å². The van der Waals surface area contributed by atoms with E-state index >= 15 is 0 Å². The predicted molar refractivity (Wildman–Crippen MR) is 179 cm³/mol. The van der Waals surface area contributed by atoms with Gasteiger partial charge in [-0.15, -0.1) is 0 Å². The molecular weight excluding hydrogens is 526 g/mol. The van der Waals surface area contributed by atoms with Crippen LogP contribution in [-0.4, -0.2) is 45.7 Å². The lowest BCUT2D eigenvalue weighted by atomic mass is 10.0. The third-order valence-electron chi connectivity index (χ3n) is 8.94. The van der Waals surface area contributed by atoms with E-state index in [2.05, 4.69) is 34.6 Å². The Hall–Kier alpha value is -1.43. The number of fused-ring (bicyclic) bond motifs is 1. The van der Waals surface area contributed by atoms with Gasteiger partial charge in [0.15, 0.2) is 0 Å². The standard InChI is InChI=1S/C28H44O3S.C8H20N/c1-2-3-4-5-6-7-8-9-10-11-12-13-14-15-16-19-25-31-32(29,30)28-24-20-22-26-21-17-18-23-27(26)28;1-5-9(6-2,7-3)8-4/h17-18,20-24H,2-16,19,25H2,1H3;5-8H2,1-4H3/q;+1. The summed E-state index contributed by atoms with van der Waals surface area (Å²) < 4.78 is 31.8.